The highest BCUT2D eigenvalue weighted by Gasteiger charge is 2.19. The Balaban J connectivity index is 1.96. The molecule has 2 rings (SSSR count). The van der Waals surface area contributed by atoms with Crippen LogP contribution in [0.15, 0.2) is 12.3 Å². The summed E-state index contributed by atoms with van der Waals surface area (Å²) in [7, 11) is 0. The molecule has 1 fully saturated rings. The topological polar surface area (TPSA) is 68.0 Å². The van der Waals surface area contributed by atoms with E-state index in [-0.39, 0.29) is 11.8 Å². The zero-order valence-electron chi connectivity index (χ0n) is 11.6. The number of nitrogens with one attached hydrogen (secondary N) is 1. The Morgan fingerprint density at radius 2 is 1.89 bits per heavy atom. The second-order valence-corrected chi connectivity index (χ2v) is 5.46. The number of aryl methyl sites for hydroxylation is 1. The fourth-order valence-electron chi connectivity index (χ4n) is 2.58. The Morgan fingerprint density at radius 1 is 1.26 bits per heavy atom. The number of hydrogen-bond donors (Lipinski definition) is 2. The minimum atomic E-state index is 0.110. The van der Waals surface area contributed by atoms with E-state index < -0.39 is 0 Å². The third kappa shape index (κ3) is 3.94. The van der Waals surface area contributed by atoms with Crippen molar-refractivity contribution in [3.63, 3.8) is 0 Å². The van der Waals surface area contributed by atoms with Crippen LogP contribution < -0.4 is 11.1 Å². The van der Waals surface area contributed by atoms with Crippen molar-refractivity contribution in [2.75, 3.05) is 11.1 Å². The summed E-state index contributed by atoms with van der Waals surface area (Å²) in [6, 6.07) is 1.83. The first-order valence-electron chi connectivity index (χ1n) is 7.20. The summed E-state index contributed by atoms with van der Waals surface area (Å²) in [6.07, 6.45) is 9.74. The number of carbonyl (C=O) groups excluding carboxylic acids is 1. The van der Waals surface area contributed by atoms with Gasteiger partial charge in [-0.15, -0.1) is 0 Å². The zero-order valence-corrected chi connectivity index (χ0v) is 11.6. The number of carbonyl (C=O) groups is 1. The second kappa shape index (κ2) is 6.55. The van der Waals surface area contributed by atoms with Gasteiger partial charge in [0.15, 0.2) is 0 Å². The number of hydrogen-bond acceptors (Lipinski definition) is 3. The Kier molecular flexibility index (Phi) is 4.77. The number of amides is 1. The van der Waals surface area contributed by atoms with Gasteiger partial charge < -0.3 is 11.1 Å². The number of anilines is 2. The van der Waals surface area contributed by atoms with Crippen LogP contribution in [0, 0.1) is 12.8 Å². The molecule has 0 aliphatic heterocycles. The lowest BCUT2D eigenvalue weighted by molar-refractivity contribution is -0.120. The first-order chi connectivity index (χ1) is 9.16. The van der Waals surface area contributed by atoms with E-state index in [1.165, 1.54) is 19.3 Å². The largest absolute Gasteiger partial charge is 0.397 e. The lowest BCUT2D eigenvalue weighted by Crippen LogP contribution is -2.24. The summed E-state index contributed by atoms with van der Waals surface area (Å²) in [5.74, 6) is 0.859. The van der Waals surface area contributed by atoms with Crippen LogP contribution in [-0.2, 0) is 4.79 Å². The first-order valence-corrected chi connectivity index (χ1v) is 7.20. The summed E-state index contributed by atoms with van der Waals surface area (Å²) in [6.45, 7) is 1.92. The summed E-state index contributed by atoms with van der Waals surface area (Å²) in [5.41, 5.74) is 7.33. The van der Waals surface area contributed by atoms with Gasteiger partial charge in [0.25, 0.3) is 0 Å². The third-order valence-corrected chi connectivity index (χ3v) is 3.88. The average Bonchev–Trinajstić information content (AvgIpc) is 2.33. The Labute approximate surface area is 114 Å². The van der Waals surface area contributed by atoms with Crippen molar-refractivity contribution in [2.24, 2.45) is 5.92 Å². The number of aromatic nitrogens is 1. The van der Waals surface area contributed by atoms with Crippen molar-refractivity contribution >= 4 is 17.4 Å². The molecule has 104 valence electrons. The first kappa shape index (κ1) is 13.8. The molecule has 1 aliphatic carbocycles. The van der Waals surface area contributed by atoms with E-state index in [0.717, 1.165) is 31.2 Å². The van der Waals surface area contributed by atoms with Crippen LogP contribution >= 0.6 is 0 Å². The van der Waals surface area contributed by atoms with E-state index in [0.29, 0.717) is 11.5 Å². The normalized spacial score (nSPS) is 17.5. The van der Waals surface area contributed by atoms with Gasteiger partial charge in [-0.1, -0.05) is 32.1 Å². The Morgan fingerprint density at radius 3 is 2.53 bits per heavy atom. The fourth-order valence-corrected chi connectivity index (χ4v) is 2.58. The van der Waals surface area contributed by atoms with Crippen LogP contribution in [0.3, 0.4) is 0 Å². The van der Waals surface area contributed by atoms with E-state index in [2.05, 4.69) is 10.3 Å². The smallest absolute Gasteiger partial charge is 0.228 e. The number of pyridine rings is 1. The molecule has 19 heavy (non-hydrogen) atoms. The molecular weight excluding hydrogens is 238 g/mol. The summed E-state index contributed by atoms with van der Waals surface area (Å²) in [4.78, 5) is 16.4. The maximum Gasteiger partial charge on any atom is 0.228 e. The minimum Gasteiger partial charge on any atom is -0.397 e. The predicted molar refractivity (Wildman–Crippen MR) is 77.8 cm³/mol. The molecule has 0 aromatic carbocycles. The molecule has 0 spiro atoms. The fraction of sp³-hybridized carbons (Fsp3) is 0.600. The van der Waals surface area contributed by atoms with Crippen LogP contribution in [0.2, 0.25) is 0 Å². The zero-order chi connectivity index (χ0) is 13.7. The molecule has 0 atom stereocenters. The number of rotatable bonds is 2. The average molecular weight is 261 g/mol. The van der Waals surface area contributed by atoms with Crippen LogP contribution in [0.25, 0.3) is 0 Å². The molecule has 0 saturated heterocycles. The van der Waals surface area contributed by atoms with Crippen molar-refractivity contribution in [1.29, 1.82) is 0 Å². The Bertz CT molecular complexity index is 437. The van der Waals surface area contributed by atoms with Crippen LogP contribution in [0.5, 0.6) is 0 Å². The van der Waals surface area contributed by atoms with Gasteiger partial charge in [0.05, 0.1) is 11.9 Å². The van der Waals surface area contributed by atoms with E-state index in [1.807, 2.05) is 13.0 Å². The van der Waals surface area contributed by atoms with Crippen molar-refractivity contribution in [3.05, 3.63) is 17.8 Å². The summed E-state index contributed by atoms with van der Waals surface area (Å²) in [5, 5.41) is 2.92. The molecule has 0 bridgehead atoms. The monoisotopic (exact) mass is 261 g/mol. The van der Waals surface area contributed by atoms with E-state index in [4.69, 9.17) is 5.73 Å². The Hall–Kier alpha value is -1.58. The summed E-state index contributed by atoms with van der Waals surface area (Å²) >= 11 is 0. The molecule has 1 aromatic heterocycles. The highest BCUT2D eigenvalue weighted by Crippen LogP contribution is 2.23. The van der Waals surface area contributed by atoms with E-state index in [9.17, 15) is 4.79 Å². The lowest BCUT2D eigenvalue weighted by atomic mass is 9.90. The van der Waals surface area contributed by atoms with Crippen LogP contribution in [-0.4, -0.2) is 10.9 Å². The van der Waals surface area contributed by atoms with E-state index in [1.54, 1.807) is 6.20 Å². The predicted octanol–water partition coefficient (Wildman–Crippen LogP) is 3.27. The molecular formula is C15H23N3O. The van der Waals surface area contributed by atoms with E-state index >= 15 is 0 Å². The standard InChI is InChI=1S/C15H23N3O/c1-11-9-14(17-10-13(11)16)18-15(19)12-7-5-3-2-4-6-8-12/h9-10,12H,2-8,16H2,1H3,(H,17,18,19). The van der Waals surface area contributed by atoms with Gasteiger partial charge in [-0.2, -0.15) is 0 Å². The SMILES string of the molecule is Cc1cc(NC(=O)C2CCCCCCC2)ncc1N. The maximum atomic E-state index is 12.2. The molecule has 4 nitrogen and oxygen atoms in total. The molecule has 4 heteroatoms. The number of nitrogen functional groups attached to an aromatic ring is 1. The van der Waals surface area contributed by atoms with Gasteiger partial charge in [-0.3, -0.25) is 4.79 Å². The third-order valence-electron chi connectivity index (χ3n) is 3.88. The van der Waals surface area contributed by atoms with Crippen molar-refractivity contribution in [1.82, 2.24) is 4.98 Å². The quantitative estimate of drug-likeness (QED) is 0.858. The molecule has 0 unspecified atom stereocenters. The number of nitrogens with zero attached hydrogens (tertiary/aromatic N) is 1. The molecule has 1 amide bonds. The molecule has 1 heterocycles. The molecule has 0 radical (unpaired) electrons. The van der Waals surface area contributed by atoms with Gasteiger partial charge in [0, 0.05) is 5.92 Å². The van der Waals surface area contributed by atoms with Crippen molar-refractivity contribution in [2.45, 2.75) is 51.9 Å². The highest BCUT2D eigenvalue weighted by atomic mass is 16.1. The van der Waals surface area contributed by atoms with Gasteiger partial charge in [0.2, 0.25) is 5.91 Å². The van der Waals surface area contributed by atoms with Crippen molar-refractivity contribution in [3.8, 4) is 0 Å². The van der Waals surface area contributed by atoms with Crippen molar-refractivity contribution < 1.29 is 4.79 Å². The van der Waals surface area contributed by atoms with Gasteiger partial charge in [0.1, 0.15) is 5.82 Å². The van der Waals surface area contributed by atoms with Crippen LogP contribution in [0.4, 0.5) is 11.5 Å². The molecule has 1 aliphatic rings. The van der Waals surface area contributed by atoms with Gasteiger partial charge in [-0.25, -0.2) is 4.98 Å². The second-order valence-electron chi connectivity index (χ2n) is 5.46. The molecule has 1 saturated carbocycles. The molecule has 1 aromatic rings. The minimum absolute atomic E-state index is 0.110. The van der Waals surface area contributed by atoms with Crippen LogP contribution in [0.1, 0.15) is 50.5 Å². The lowest BCUT2D eigenvalue weighted by Gasteiger charge is -2.19. The summed E-state index contributed by atoms with van der Waals surface area (Å²) < 4.78 is 0. The van der Waals surface area contributed by atoms with Gasteiger partial charge >= 0.3 is 0 Å². The highest BCUT2D eigenvalue weighted by molar-refractivity contribution is 5.91. The van der Waals surface area contributed by atoms with Gasteiger partial charge in [-0.05, 0) is 31.4 Å². The maximum absolute atomic E-state index is 12.2. The molecule has 3 N–H and O–H groups in total. The number of nitrogens with two attached hydrogens (primary N) is 1.